The molecule has 0 aliphatic heterocycles. The van der Waals surface area contributed by atoms with Gasteiger partial charge in [0.2, 0.25) is 10.0 Å². The highest BCUT2D eigenvalue weighted by Gasteiger charge is 2.15. The van der Waals surface area contributed by atoms with Gasteiger partial charge in [0.05, 0.1) is 5.75 Å². The first-order valence-electron chi connectivity index (χ1n) is 5.39. The van der Waals surface area contributed by atoms with Crippen LogP contribution in [-0.2, 0) is 15.8 Å². The lowest BCUT2D eigenvalue weighted by atomic mass is 10.2. The number of hydrogen-bond acceptors (Lipinski definition) is 3. The quantitative estimate of drug-likeness (QED) is 0.599. The van der Waals surface area contributed by atoms with E-state index >= 15 is 0 Å². The molecule has 0 amide bonds. The molecule has 3 N–H and O–H groups in total. The molecule has 0 spiro atoms. The van der Waals surface area contributed by atoms with E-state index in [0.717, 1.165) is 0 Å². The van der Waals surface area contributed by atoms with Crippen molar-refractivity contribution in [2.75, 3.05) is 5.73 Å². The van der Waals surface area contributed by atoms with Crippen molar-refractivity contribution in [2.45, 2.75) is 25.1 Å². The predicted molar refractivity (Wildman–Crippen MR) is 70.9 cm³/mol. The zero-order valence-corrected chi connectivity index (χ0v) is 10.7. The normalized spacial score (nSPS) is 13.2. The number of hydrogen-bond donors (Lipinski definition) is 2. The van der Waals surface area contributed by atoms with E-state index in [1.54, 1.807) is 37.3 Å². The topological polar surface area (TPSA) is 72.2 Å². The van der Waals surface area contributed by atoms with E-state index in [0.29, 0.717) is 17.7 Å². The first kappa shape index (κ1) is 13.7. The van der Waals surface area contributed by atoms with Gasteiger partial charge in [0, 0.05) is 11.7 Å². The highest BCUT2D eigenvalue weighted by Crippen LogP contribution is 2.13. The predicted octanol–water partition coefficient (Wildman–Crippen LogP) is 1.65. The fourth-order valence-electron chi connectivity index (χ4n) is 1.52. The number of sulfonamides is 1. The van der Waals surface area contributed by atoms with Gasteiger partial charge in [0.25, 0.3) is 0 Å². The molecule has 17 heavy (non-hydrogen) atoms. The number of rotatable bonds is 6. The maximum atomic E-state index is 11.8. The highest BCUT2D eigenvalue weighted by molar-refractivity contribution is 7.88. The molecule has 1 atom stereocenters. The molecule has 0 radical (unpaired) electrons. The van der Waals surface area contributed by atoms with Crippen molar-refractivity contribution < 1.29 is 8.42 Å². The van der Waals surface area contributed by atoms with Crippen molar-refractivity contribution in [3.05, 3.63) is 42.5 Å². The zero-order chi connectivity index (χ0) is 12.9. The fraction of sp³-hybridized carbons (Fsp3) is 0.333. The third-order valence-electron chi connectivity index (χ3n) is 2.30. The third-order valence-corrected chi connectivity index (χ3v) is 3.75. The number of anilines is 1. The van der Waals surface area contributed by atoms with E-state index in [-0.39, 0.29) is 11.8 Å². The minimum atomic E-state index is -3.36. The van der Waals surface area contributed by atoms with Crippen LogP contribution >= 0.6 is 0 Å². The summed E-state index contributed by atoms with van der Waals surface area (Å²) >= 11 is 0. The Morgan fingerprint density at radius 3 is 2.71 bits per heavy atom. The molecule has 0 fully saturated rings. The lowest BCUT2D eigenvalue weighted by molar-refractivity contribution is 0.561. The molecule has 5 heteroatoms. The second-order valence-electron chi connectivity index (χ2n) is 4.00. The van der Waals surface area contributed by atoms with Crippen molar-refractivity contribution in [3.8, 4) is 0 Å². The lowest BCUT2D eigenvalue weighted by Crippen LogP contribution is -2.33. The first-order chi connectivity index (χ1) is 7.94. The summed E-state index contributed by atoms with van der Waals surface area (Å²) in [5, 5.41) is 0. The van der Waals surface area contributed by atoms with Gasteiger partial charge in [-0.05, 0) is 25.0 Å². The maximum absolute atomic E-state index is 11.8. The molecule has 1 aromatic carbocycles. The first-order valence-corrected chi connectivity index (χ1v) is 7.04. The molecule has 0 aromatic heterocycles. The Balaban J connectivity index is 2.73. The number of benzene rings is 1. The minimum absolute atomic E-state index is 0.0961. The monoisotopic (exact) mass is 254 g/mol. The van der Waals surface area contributed by atoms with Crippen LogP contribution in [0.4, 0.5) is 5.69 Å². The summed E-state index contributed by atoms with van der Waals surface area (Å²) in [4.78, 5) is 0. The Morgan fingerprint density at radius 2 is 2.12 bits per heavy atom. The van der Waals surface area contributed by atoms with Crippen LogP contribution in [0.25, 0.3) is 0 Å². The van der Waals surface area contributed by atoms with Crippen molar-refractivity contribution in [2.24, 2.45) is 0 Å². The standard InChI is InChI=1S/C12H18N2O2S/c1-3-6-10(2)14-17(15,16)9-11-7-4-5-8-12(11)13/h3-5,7-8,10,14H,1,6,9,13H2,2H3. The second kappa shape index (κ2) is 5.84. The highest BCUT2D eigenvalue weighted by atomic mass is 32.2. The smallest absolute Gasteiger partial charge is 0.216 e. The van der Waals surface area contributed by atoms with E-state index in [2.05, 4.69) is 11.3 Å². The van der Waals surface area contributed by atoms with E-state index in [4.69, 9.17) is 5.73 Å². The van der Waals surface area contributed by atoms with Gasteiger partial charge < -0.3 is 5.73 Å². The summed E-state index contributed by atoms with van der Waals surface area (Å²) in [5.74, 6) is -0.0961. The van der Waals surface area contributed by atoms with Gasteiger partial charge >= 0.3 is 0 Å². The summed E-state index contributed by atoms with van der Waals surface area (Å²) in [6.07, 6.45) is 2.29. The minimum Gasteiger partial charge on any atom is -0.398 e. The Kier molecular flexibility index (Phi) is 4.72. The molecule has 1 aromatic rings. The maximum Gasteiger partial charge on any atom is 0.216 e. The van der Waals surface area contributed by atoms with Crippen LogP contribution in [0, 0.1) is 0 Å². The summed E-state index contributed by atoms with van der Waals surface area (Å²) in [6, 6.07) is 6.81. The molecule has 4 nitrogen and oxygen atoms in total. The molecule has 0 saturated carbocycles. The van der Waals surface area contributed by atoms with Gasteiger partial charge in [-0.3, -0.25) is 0 Å². The fourth-order valence-corrected chi connectivity index (χ4v) is 2.98. The van der Waals surface area contributed by atoms with E-state index in [9.17, 15) is 8.42 Å². The number of para-hydroxylation sites is 1. The Bertz CT molecular complexity index is 483. The van der Waals surface area contributed by atoms with E-state index < -0.39 is 10.0 Å². The van der Waals surface area contributed by atoms with Gasteiger partial charge in [-0.2, -0.15) is 0 Å². The SMILES string of the molecule is C=CCC(C)NS(=O)(=O)Cc1ccccc1N. The Labute approximate surface area is 103 Å². The van der Waals surface area contributed by atoms with Gasteiger partial charge in [-0.1, -0.05) is 24.3 Å². The van der Waals surface area contributed by atoms with Gasteiger partial charge in [0.15, 0.2) is 0 Å². The molecule has 0 bridgehead atoms. The van der Waals surface area contributed by atoms with Crippen LogP contribution < -0.4 is 10.5 Å². The zero-order valence-electron chi connectivity index (χ0n) is 9.89. The Morgan fingerprint density at radius 1 is 1.47 bits per heavy atom. The molecular formula is C12H18N2O2S. The van der Waals surface area contributed by atoms with Gasteiger partial charge in [-0.15, -0.1) is 6.58 Å². The third kappa shape index (κ3) is 4.58. The van der Waals surface area contributed by atoms with Crippen molar-refractivity contribution >= 4 is 15.7 Å². The molecule has 0 aliphatic carbocycles. The second-order valence-corrected chi connectivity index (χ2v) is 5.76. The van der Waals surface area contributed by atoms with Crippen LogP contribution in [0.15, 0.2) is 36.9 Å². The number of nitrogens with one attached hydrogen (secondary N) is 1. The molecule has 0 saturated heterocycles. The van der Waals surface area contributed by atoms with Gasteiger partial charge in [0.1, 0.15) is 0 Å². The molecule has 1 unspecified atom stereocenters. The summed E-state index contributed by atoms with van der Waals surface area (Å²) < 4.78 is 26.3. The van der Waals surface area contributed by atoms with Crippen LogP contribution in [0.1, 0.15) is 18.9 Å². The van der Waals surface area contributed by atoms with Crippen LogP contribution in [0.2, 0.25) is 0 Å². The van der Waals surface area contributed by atoms with E-state index in [1.807, 2.05) is 0 Å². The average molecular weight is 254 g/mol. The molecule has 0 heterocycles. The number of nitrogens with two attached hydrogens (primary N) is 1. The van der Waals surface area contributed by atoms with Crippen LogP contribution in [0.5, 0.6) is 0 Å². The largest absolute Gasteiger partial charge is 0.398 e. The van der Waals surface area contributed by atoms with Crippen molar-refractivity contribution in [3.63, 3.8) is 0 Å². The summed E-state index contributed by atoms with van der Waals surface area (Å²) in [6.45, 7) is 5.37. The van der Waals surface area contributed by atoms with E-state index in [1.165, 1.54) is 0 Å². The van der Waals surface area contributed by atoms with Gasteiger partial charge in [-0.25, -0.2) is 13.1 Å². The number of nitrogen functional groups attached to an aromatic ring is 1. The molecule has 0 aliphatic rings. The molecule has 1 rings (SSSR count). The summed E-state index contributed by atoms with van der Waals surface area (Å²) in [5.41, 5.74) is 6.82. The Hall–Kier alpha value is -1.33. The van der Waals surface area contributed by atoms with Crippen molar-refractivity contribution in [1.82, 2.24) is 4.72 Å². The van der Waals surface area contributed by atoms with Crippen LogP contribution in [0.3, 0.4) is 0 Å². The van der Waals surface area contributed by atoms with Crippen molar-refractivity contribution in [1.29, 1.82) is 0 Å². The van der Waals surface area contributed by atoms with Crippen LogP contribution in [-0.4, -0.2) is 14.5 Å². The molecular weight excluding hydrogens is 236 g/mol. The molecule has 94 valence electrons. The summed E-state index contributed by atoms with van der Waals surface area (Å²) in [7, 11) is -3.36. The average Bonchev–Trinajstić information content (AvgIpc) is 2.20. The lowest BCUT2D eigenvalue weighted by Gasteiger charge is -2.13.